The second-order valence-electron chi connectivity index (χ2n) is 9.71. The number of fused-ring (bicyclic) bond motifs is 2. The van der Waals surface area contributed by atoms with E-state index in [1.807, 2.05) is 66.5 Å². The van der Waals surface area contributed by atoms with Crippen LogP contribution in [0, 0.1) is 0 Å². The summed E-state index contributed by atoms with van der Waals surface area (Å²) < 4.78 is 0. The van der Waals surface area contributed by atoms with E-state index in [0.29, 0.717) is 30.3 Å². The number of hydrogen-bond acceptors (Lipinski definition) is 4. The number of nitrogens with zero attached hydrogens (tertiary/aromatic N) is 3. The standard InChI is InChI=1S/C31H31N3O3/c1-34(28-16-9-13-21-10-5-6-14-24(21)28)31(37)23-18-19-25-27(20-23)32-26(15-7-8-17-29(35)36)30(33-25)22-11-3-2-4-12-22/h2-6,10-12,14,18-20,28H,7-9,13,15-17H2,1H3,(H,35,36)/t28-/m1/s1. The van der Waals surface area contributed by atoms with Gasteiger partial charge in [0.2, 0.25) is 0 Å². The third-order valence-corrected chi connectivity index (χ3v) is 7.21. The zero-order valence-electron chi connectivity index (χ0n) is 21.1. The Morgan fingerprint density at radius 2 is 1.73 bits per heavy atom. The van der Waals surface area contributed by atoms with Crippen LogP contribution >= 0.6 is 0 Å². The molecule has 0 aliphatic heterocycles. The number of aliphatic carboxylic acids is 1. The van der Waals surface area contributed by atoms with Crippen LogP contribution in [0.1, 0.15) is 65.3 Å². The van der Waals surface area contributed by atoms with Crippen molar-refractivity contribution in [3.63, 3.8) is 0 Å². The summed E-state index contributed by atoms with van der Waals surface area (Å²) in [5.41, 5.74) is 7.16. The first-order valence-corrected chi connectivity index (χ1v) is 12.9. The Labute approximate surface area is 217 Å². The summed E-state index contributed by atoms with van der Waals surface area (Å²) in [5.74, 6) is -0.818. The molecule has 0 saturated carbocycles. The molecule has 0 unspecified atom stereocenters. The van der Waals surface area contributed by atoms with Crippen molar-refractivity contribution in [1.82, 2.24) is 14.9 Å². The molecule has 1 atom stereocenters. The summed E-state index contributed by atoms with van der Waals surface area (Å²) in [5, 5.41) is 9.00. The lowest BCUT2D eigenvalue weighted by molar-refractivity contribution is -0.137. The van der Waals surface area contributed by atoms with Gasteiger partial charge in [0, 0.05) is 24.6 Å². The van der Waals surface area contributed by atoms with Gasteiger partial charge in [0.15, 0.2) is 0 Å². The van der Waals surface area contributed by atoms with Gasteiger partial charge >= 0.3 is 5.97 Å². The number of carboxylic acid groups (broad SMARTS) is 1. The van der Waals surface area contributed by atoms with Crippen molar-refractivity contribution in [1.29, 1.82) is 0 Å². The van der Waals surface area contributed by atoms with Gasteiger partial charge in [-0.05, 0) is 67.9 Å². The molecule has 6 heteroatoms. The van der Waals surface area contributed by atoms with Crippen LogP contribution in [-0.2, 0) is 17.6 Å². The predicted octanol–water partition coefficient (Wildman–Crippen LogP) is 6.24. The van der Waals surface area contributed by atoms with Crippen LogP contribution in [0.5, 0.6) is 0 Å². The van der Waals surface area contributed by atoms with E-state index in [0.717, 1.165) is 41.7 Å². The van der Waals surface area contributed by atoms with Gasteiger partial charge < -0.3 is 10.0 Å². The number of carbonyl (C=O) groups excluding carboxylic acids is 1. The van der Waals surface area contributed by atoms with Crippen molar-refractivity contribution in [3.8, 4) is 11.3 Å². The molecule has 1 aromatic heterocycles. The molecule has 1 aliphatic rings. The molecule has 6 nitrogen and oxygen atoms in total. The van der Waals surface area contributed by atoms with Crippen LogP contribution in [0.3, 0.4) is 0 Å². The molecule has 0 fully saturated rings. The van der Waals surface area contributed by atoms with Crippen molar-refractivity contribution in [2.45, 2.75) is 51.0 Å². The number of rotatable bonds is 8. The van der Waals surface area contributed by atoms with Gasteiger partial charge in [-0.25, -0.2) is 9.97 Å². The van der Waals surface area contributed by atoms with Crippen molar-refractivity contribution >= 4 is 22.9 Å². The highest BCUT2D eigenvalue weighted by atomic mass is 16.4. The summed E-state index contributed by atoms with van der Waals surface area (Å²) >= 11 is 0. The first kappa shape index (κ1) is 24.6. The van der Waals surface area contributed by atoms with E-state index in [9.17, 15) is 9.59 Å². The molecule has 1 N–H and O–H groups in total. The average Bonchev–Trinajstić information content (AvgIpc) is 2.94. The molecule has 3 aromatic carbocycles. The number of carboxylic acids is 1. The normalized spacial score (nSPS) is 14.8. The van der Waals surface area contributed by atoms with Crippen molar-refractivity contribution < 1.29 is 14.7 Å². The van der Waals surface area contributed by atoms with E-state index in [4.69, 9.17) is 15.1 Å². The molecule has 0 radical (unpaired) electrons. The molecule has 0 spiro atoms. The van der Waals surface area contributed by atoms with Crippen molar-refractivity contribution in [2.75, 3.05) is 7.05 Å². The van der Waals surface area contributed by atoms with Crippen LogP contribution < -0.4 is 0 Å². The molecule has 1 heterocycles. The fraction of sp³-hybridized carbons (Fsp3) is 0.290. The monoisotopic (exact) mass is 493 g/mol. The number of aromatic nitrogens is 2. The smallest absolute Gasteiger partial charge is 0.303 e. The van der Waals surface area contributed by atoms with Crippen molar-refractivity contribution in [2.24, 2.45) is 0 Å². The number of unbranched alkanes of at least 4 members (excludes halogenated alkanes) is 1. The molecule has 1 aliphatic carbocycles. The number of benzene rings is 3. The van der Waals surface area contributed by atoms with Crippen LogP contribution in [0.4, 0.5) is 0 Å². The van der Waals surface area contributed by atoms with Crippen LogP contribution in [0.2, 0.25) is 0 Å². The van der Waals surface area contributed by atoms with Gasteiger partial charge in [0.25, 0.3) is 5.91 Å². The minimum absolute atomic E-state index is 0.0273. The summed E-state index contributed by atoms with van der Waals surface area (Å²) in [4.78, 5) is 36.2. The van der Waals surface area contributed by atoms with E-state index in [-0.39, 0.29) is 18.4 Å². The third kappa shape index (κ3) is 5.38. The Hall–Kier alpha value is -4.06. The van der Waals surface area contributed by atoms with E-state index in [1.54, 1.807) is 0 Å². The zero-order valence-corrected chi connectivity index (χ0v) is 21.1. The topological polar surface area (TPSA) is 83.4 Å². The molecular weight excluding hydrogens is 462 g/mol. The van der Waals surface area contributed by atoms with Crippen LogP contribution in [0.15, 0.2) is 72.8 Å². The minimum atomic E-state index is -0.791. The highest BCUT2D eigenvalue weighted by molar-refractivity contribution is 5.97. The second-order valence-corrected chi connectivity index (χ2v) is 9.71. The summed E-state index contributed by atoms with van der Waals surface area (Å²) in [6.45, 7) is 0. The quantitative estimate of drug-likeness (QED) is 0.294. The SMILES string of the molecule is CN(C(=O)c1ccc2nc(-c3ccccc3)c(CCCCC(=O)O)nc2c1)[C@@H]1CCCc2ccccc21. The lowest BCUT2D eigenvalue weighted by atomic mass is 9.87. The van der Waals surface area contributed by atoms with E-state index >= 15 is 0 Å². The second kappa shape index (κ2) is 10.9. The van der Waals surface area contributed by atoms with Crippen LogP contribution in [0.25, 0.3) is 22.3 Å². The van der Waals surface area contributed by atoms with Gasteiger partial charge in [-0.2, -0.15) is 0 Å². The van der Waals surface area contributed by atoms with Gasteiger partial charge in [0.1, 0.15) is 0 Å². The Balaban J connectivity index is 1.46. The maximum Gasteiger partial charge on any atom is 0.303 e. The summed E-state index contributed by atoms with van der Waals surface area (Å²) in [6.07, 6.45) is 5.11. The maximum absolute atomic E-state index is 13.6. The number of amides is 1. The first-order valence-electron chi connectivity index (χ1n) is 12.9. The molecule has 37 heavy (non-hydrogen) atoms. The number of hydrogen-bond donors (Lipinski definition) is 1. The maximum atomic E-state index is 13.6. The molecule has 0 bridgehead atoms. The Morgan fingerprint density at radius 3 is 2.54 bits per heavy atom. The average molecular weight is 494 g/mol. The van der Waals surface area contributed by atoms with Gasteiger partial charge in [-0.15, -0.1) is 0 Å². The van der Waals surface area contributed by atoms with Gasteiger partial charge in [0.05, 0.1) is 28.5 Å². The Morgan fingerprint density at radius 1 is 0.946 bits per heavy atom. The zero-order chi connectivity index (χ0) is 25.8. The summed E-state index contributed by atoms with van der Waals surface area (Å²) in [6, 6.07) is 23.9. The minimum Gasteiger partial charge on any atom is -0.481 e. The highest BCUT2D eigenvalue weighted by Crippen LogP contribution is 2.34. The largest absolute Gasteiger partial charge is 0.481 e. The first-order chi connectivity index (χ1) is 18.0. The molecule has 0 saturated heterocycles. The third-order valence-electron chi connectivity index (χ3n) is 7.21. The molecule has 5 rings (SSSR count). The predicted molar refractivity (Wildman–Crippen MR) is 144 cm³/mol. The van der Waals surface area contributed by atoms with E-state index < -0.39 is 5.97 Å². The van der Waals surface area contributed by atoms with E-state index in [1.165, 1.54) is 11.1 Å². The Bertz CT molecular complexity index is 1430. The van der Waals surface area contributed by atoms with Gasteiger partial charge in [-0.1, -0.05) is 54.6 Å². The molecule has 4 aromatic rings. The fourth-order valence-electron chi connectivity index (χ4n) is 5.27. The lowest BCUT2D eigenvalue weighted by Gasteiger charge is -2.33. The van der Waals surface area contributed by atoms with E-state index in [2.05, 4.69) is 18.2 Å². The number of carbonyl (C=O) groups is 2. The van der Waals surface area contributed by atoms with Crippen LogP contribution in [-0.4, -0.2) is 38.9 Å². The fourth-order valence-corrected chi connectivity index (χ4v) is 5.27. The number of aryl methyl sites for hydroxylation is 2. The van der Waals surface area contributed by atoms with Crippen molar-refractivity contribution in [3.05, 3.63) is 95.2 Å². The Kier molecular flexibility index (Phi) is 7.26. The summed E-state index contributed by atoms with van der Waals surface area (Å²) in [7, 11) is 1.89. The lowest BCUT2D eigenvalue weighted by Crippen LogP contribution is -2.33. The molecular formula is C31H31N3O3. The molecule has 188 valence electrons. The molecule has 1 amide bonds. The van der Waals surface area contributed by atoms with Gasteiger partial charge in [-0.3, -0.25) is 9.59 Å². The highest BCUT2D eigenvalue weighted by Gasteiger charge is 2.27.